The topological polar surface area (TPSA) is 29.1 Å². The molecule has 3 aliphatic carbocycles. The summed E-state index contributed by atoms with van der Waals surface area (Å²) in [5.41, 5.74) is 5.95. The molecule has 2 atom stereocenters. The summed E-state index contributed by atoms with van der Waals surface area (Å²) in [6.45, 7) is 2.20. The number of carbonyl (C=O) groups excluding carboxylic acids is 1. The molecule has 140 valence electrons. The van der Waals surface area contributed by atoms with E-state index in [1.54, 1.807) is 18.2 Å². The van der Waals surface area contributed by atoms with Crippen molar-refractivity contribution in [3.05, 3.63) is 99.0 Å². The van der Waals surface area contributed by atoms with Gasteiger partial charge in [-0.2, -0.15) is 0 Å². The van der Waals surface area contributed by atoms with E-state index >= 15 is 0 Å². The molecule has 0 fully saturated rings. The van der Waals surface area contributed by atoms with Crippen molar-refractivity contribution in [3.8, 4) is 0 Å². The number of carbonyl (C=O) groups is 1. The van der Waals surface area contributed by atoms with Crippen molar-refractivity contribution < 1.29 is 4.79 Å². The lowest BCUT2D eigenvalue weighted by atomic mass is 9.54. The van der Waals surface area contributed by atoms with E-state index in [0.717, 1.165) is 0 Å². The molecule has 0 heterocycles. The minimum atomic E-state index is -0.135. The molecule has 0 aromatic heterocycles. The number of hydrogen-bond donors (Lipinski definition) is 1. The first kappa shape index (κ1) is 17.8. The molecular formula is C24H19Cl2NO. The standard InChI is InChI=1S/C24H19Cl2NO/c1-13-21-15-6-2-4-8-17(15)23(18-9-5-3-7-16(18)21)22(13)24(28)27-14-10-11-19(25)20(26)12-14/h2-13,21-23H,1H3,(H,27,28)/t13-,21?,22+,23?/m1/s1. The van der Waals surface area contributed by atoms with Crippen LogP contribution in [0.1, 0.15) is 41.0 Å². The lowest BCUT2D eigenvalue weighted by Crippen LogP contribution is -2.44. The van der Waals surface area contributed by atoms with E-state index in [1.165, 1.54) is 22.3 Å². The van der Waals surface area contributed by atoms with Crippen LogP contribution in [0.2, 0.25) is 10.0 Å². The number of benzene rings is 3. The second kappa shape index (κ2) is 6.65. The highest BCUT2D eigenvalue weighted by molar-refractivity contribution is 6.42. The number of nitrogens with one attached hydrogen (secondary N) is 1. The maximum atomic E-state index is 13.4. The Morgan fingerprint density at radius 1 is 0.786 bits per heavy atom. The summed E-state index contributed by atoms with van der Waals surface area (Å²) >= 11 is 12.1. The first-order valence-corrected chi connectivity index (χ1v) is 10.3. The maximum Gasteiger partial charge on any atom is 0.228 e. The first-order valence-electron chi connectivity index (χ1n) is 9.50. The SMILES string of the molecule is C[C@@H]1C2c3ccccc3C(c3ccccc32)[C@H]1C(=O)Nc1ccc(Cl)c(Cl)c1. The van der Waals surface area contributed by atoms with Gasteiger partial charge < -0.3 is 5.32 Å². The Hall–Kier alpha value is -2.29. The Morgan fingerprint density at radius 2 is 1.32 bits per heavy atom. The zero-order chi connectivity index (χ0) is 19.4. The highest BCUT2D eigenvalue weighted by Gasteiger charge is 2.50. The van der Waals surface area contributed by atoms with E-state index in [-0.39, 0.29) is 29.6 Å². The molecule has 0 saturated carbocycles. The van der Waals surface area contributed by atoms with Crippen LogP contribution in [-0.2, 0) is 4.79 Å². The van der Waals surface area contributed by atoms with Gasteiger partial charge in [-0.25, -0.2) is 0 Å². The smallest absolute Gasteiger partial charge is 0.228 e. The van der Waals surface area contributed by atoms with Gasteiger partial charge in [0.1, 0.15) is 0 Å². The second-order valence-corrected chi connectivity index (χ2v) is 8.53. The predicted molar refractivity (Wildman–Crippen MR) is 114 cm³/mol. The fraction of sp³-hybridized carbons (Fsp3) is 0.208. The van der Waals surface area contributed by atoms with Gasteiger partial charge in [0.25, 0.3) is 0 Å². The largest absolute Gasteiger partial charge is 0.326 e. The Morgan fingerprint density at radius 3 is 1.86 bits per heavy atom. The Balaban J connectivity index is 1.57. The molecule has 3 aromatic carbocycles. The zero-order valence-corrected chi connectivity index (χ0v) is 16.8. The van der Waals surface area contributed by atoms with Gasteiger partial charge in [-0.3, -0.25) is 4.79 Å². The summed E-state index contributed by atoms with van der Waals surface area (Å²) in [5, 5.41) is 3.99. The third-order valence-corrected chi connectivity index (χ3v) is 7.01. The van der Waals surface area contributed by atoms with Crippen molar-refractivity contribution in [1.82, 2.24) is 0 Å². The third-order valence-electron chi connectivity index (χ3n) is 6.27. The van der Waals surface area contributed by atoms with Gasteiger partial charge >= 0.3 is 0 Å². The molecule has 0 saturated heterocycles. The maximum absolute atomic E-state index is 13.4. The van der Waals surface area contributed by atoms with Gasteiger partial charge in [0.2, 0.25) is 5.91 Å². The van der Waals surface area contributed by atoms with Gasteiger partial charge in [-0.05, 0) is 46.4 Å². The Labute approximate surface area is 174 Å². The summed E-state index contributed by atoms with van der Waals surface area (Å²) in [5.74, 6) is 0.406. The minimum absolute atomic E-state index is 0.0323. The predicted octanol–water partition coefficient (Wildman–Crippen LogP) is 6.48. The molecule has 3 aliphatic rings. The van der Waals surface area contributed by atoms with Crippen molar-refractivity contribution >= 4 is 34.8 Å². The molecular weight excluding hydrogens is 389 g/mol. The molecule has 1 amide bonds. The Kier molecular flexibility index (Phi) is 4.22. The van der Waals surface area contributed by atoms with Crippen LogP contribution in [-0.4, -0.2) is 5.91 Å². The van der Waals surface area contributed by atoms with Crippen LogP contribution in [0, 0.1) is 11.8 Å². The first-order chi connectivity index (χ1) is 13.6. The molecule has 2 nitrogen and oxygen atoms in total. The molecule has 3 aromatic rings. The molecule has 0 spiro atoms. The lowest BCUT2D eigenvalue weighted by Gasteiger charge is -2.49. The molecule has 0 unspecified atom stereocenters. The number of hydrogen-bond acceptors (Lipinski definition) is 1. The van der Waals surface area contributed by atoms with Crippen LogP contribution in [0.25, 0.3) is 0 Å². The van der Waals surface area contributed by atoms with E-state index < -0.39 is 0 Å². The summed E-state index contributed by atoms with van der Waals surface area (Å²) in [6, 6.07) is 22.3. The molecule has 28 heavy (non-hydrogen) atoms. The fourth-order valence-corrected chi connectivity index (χ4v) is 5.44. The van der Waals surface area contributed by atoms with Crippen LogP contribution in [0.3, 0.4) is 0 Å². The van der Waals surface area contributed by atoms with Crippen LogP contribution < -0.4 is 5.32 Å². The van der Waals surface area contributed by atoms with E-state index in [0.29, 0.717) is 15.7 Å². The molecule has 6 rings (SSSR count). The van der Waals surface area contributed by atoms with E-state index in [2.05, 4.69) is 60.8 Å². The van der Waals surface area contributed by atoms with Gasteiger partial charge in [-0.15, -0.1) is 0 Å². The van der Waals surface area contributed by atoms with Crippen LogP contribution in [0.15, 0.2) is 66.7 Å². The van der Waals surface area contributed by atoms with Crippen LogP contribution in [0.5, 0.6) is 0 Å². The van der Waals surface area contributed by atoms with Crippen LogP contribution >= 0.6 is 23.2 Å². The fourth-order valence-electron chi connectivity index (χ4n) is 5.14. The monoisotopic (exact) mass is 407 g/mol. The molecule has 4 heteroatoms. The quantitative estimate of drug-likeness (QED) is 0.517. The lowest BCUT2D eigenvalue weighted by molar-refractivity contribution is -0.122. The number of anilines is 1. The summed E-state index contributed by atoms with van der Waals surface area (Å²) in [6.07, 6.45) is 0. The number of rotatable bonds is 2. The average Bonchev–Trinajstić information content (AvgIpc) is 2.70. The third kappa shape index (κ3) is 2.59. The van der Waals surface area contributed by atoms with E-state index in [4.69, 9.17) is 23.2 Å². The van der Waals surface area contributed by atoms with Crippen molar-refractivity contribution in [1.29, 1.82) is 0 Å². The summed E-state index contributed by atoms with van der Waals surface area (Å²) < 4.78 is 0. The highest BCUT2D eigenvalue weighted by atomic mass is 35.5. The van der Waals surface area contributed by atoms with Crippen molar-refractivity contribution in [3.63, 3.8) is 0 Å². The minimum Gasteiger partial charge on any atom is -0.326 e. The Bertz CT molecular complexity index is 1050. The number of fused-ring (bicyclic) bond motifs is 1. The zero-order valence-electron chi connectivity index (χ0n) is 15.3. The van der Waals surface area contributed by atoms with Gasteiger partial charge in [-0.1, -0.05) is 78.7 Å². The highest BCUT2D eigenvalue weighted by Crippen LogP contribution is 2.58. The molecule has 2 bridgehead atoms. The summed E-state index contributed by atoms with van der Waals surface area (Å²) in [7, 11) is 0. The van der Waals surface area contributed by atoms with Gasteiger partial charge in [0, 0.05) is 17.5 Å². The van der Waals surface area contributed by atoms with Crippen molar-refractivity contribution in [2.24, 2.45) is 11.8 Å². The molecule has 0 aliphatic heterocycles. The number of halogens is 2. The van der Waals surface area contributed by atoms with Crippen molar-refractivity contribution in [2.45, 2.75) is 18.8 Å². The van der Waals surface area contributed by atoms with E-state index in [1.807, 2.05) is 0 Å². The molecule has 0 radical (unpaired) electrons. The normalized spacial score (nSPS) is 24.4. The summed E-state index contributed by atoms with van der Waals surface area (Å²) in [4.78, 5) is 13.4. The van der Waals surface area contributed by atoms with E-state index in [9.17, 15) is 4.79 Å². The van der Waals surface area contributed by atoms with Crippen molar-refractivity contribution in [2.75, 3.05) is 5.32 Å². The number of amides is 1. The van der Waals surface area contributed by atoms with Crippen LogP contribution in [0.4, 0.5) is 5.69 Å². The van der Waals surface area contributed by atoms with Gasteiger partial charge in [0.05, 0.1) is 16.0 Å². The second-order valence-electron chi connectivity index (χ2n) is 7.72. The molecule has 1 N–H and O–H groups in total. The van der Waals surface area contributed by atoms with Gasteiger partial charge in [0.15, 0.2) is 0 Å². The average molecular weight is 408 g/mol.